The molecule has 1 aromatic rings. The second kappa shape index (κ2) is 7.01. The average molecular weight is 265 g/mol. The van der Waals surface area contributed by atoms with Crippen molar-refractivity contribution in [2.24, 2.45) is 0 Å². The Morgan fingerprint density at radius 3 is 2.84 bits per heavy atom. The third kappa shape index (κ3) is 4.01. The molecule has 0 aliphatic carbocycles. The molecular weight excluding hydrogens is 242 g/mol. The van der Waals surface area contributed by atoms with Crippen molar-refractivity contribution in [1.82, 2.24) is 4.90 Å². The smallest absolute Gasteiger partial charge is 0.103 e. The standard InChI is InChI=1S/C15H23NO3/c1-15(14-5-3-2-4-6-14)13-16(8-11-19-15)7-10-18-12-9-17/h2-6,17H,7-13H2,1H3. The molecule has 1 aliphatic rings. The lowest BCUT2D eigenvalue weighted by atomic mass is 9.94. The van der Waals surface area contributed by atoms with Gasteiger partial charge in [0.05, 0.1) is 26.4 Å². The summed E-state index contributed by atoms with van der Waals surface area (Å²) >= 11 is 0. The number of morpholine rings is 1. The molecule has 1 N–H and O–H groups in total. The molecule has 1 saturated heterocycles. The Morgan fingerprint density at radius 1 is 1.32 bits per heavy atom. The van der Waals surface area contributed by atoms with E-state index in [4.69, 9.17) is 14.6 Å². The van der Waals surface area contributed by atoms with Crippen LogP contribution in [-0.4, -0.2) is 56.1 Å². The van der Waals surface area contributed by atoms with E-state index < -0.39 is 0 Å². The van der Waals surface area contributed by atoms with Gasteiger partial charge >= 0.3 is 0 Å². The highest BCUT2D eigenvalue weighted by molar-refractivity contribution is 5.22. The zero-order valence-electron chi connectivity index (χ0n) is 11.5. The van der Waals surface area contributed by atoms with Gasteiger partial charge in [-0.3, -0.25) is 4.90 Å². The maximum Gasteiger partial charge on any atom is 0.103 e. The Kier molecular flexibility index (Phi) is 5.34. The van der Waals surface area contributed by atoms with Crippen molar-refractivity contribution in [2.75, 3.05) is 46.1 Å². The van der Waals surface area contributed by atoms with Crippen molar-refractivity contribution in [1.29, 1.82) is 0 Å². The van der Waals surface area contributed by atoms with E-state index in [1.54, 1.807) is 0 Å². The number of aliphatic hydroxyl groups excluding tert-OH is 1. The number of benzene rings is 1. The SMILES string of the molecule is CC1(c2ccccc2)CN(CCOCCO)CCO1. The van der Waals surface area contributed by atoms with Crippen LogP contribution in [0.5, 0.6) is 0 Å². The minimum atomic E-state index is -0.240. The zero-order valence-corrected chi connectivity index (χ0v) is 11.5. The Hall–Kier alpha value is -0.940. The first kappa shape index (κ1) is 14.5. The molecule has 0 radical (unpaired) electrons. The summed E-state index contributed by atoms with van der Waals surface area (Å²) in [5.74, 6) is 0. The summed E-state index contributed by atoms with van der Waals surface area (Å²) in [4.78, 5) is 2.36. The van der Waals surface area contributed by atoms with E-state index in [-0.39, 0.29) is 12.2 Å². The van der Waals surface area contributed by atoms with E-state index in [1.165, 1.54) is 5.56 Å². The second-order valence-electron chi connectivity index (χ2n) is 5.06. The Morgan fingerprint density at radius 2 is 2.11 bits per heavy atom. The van der Waals surface area contributed by atoms with Crippen LogP contribution in [0.25, 0.3) is 0 Å². The fourth-order valence-corrected chi connectivity index (χ4v) is 2.47. The van der Waals surface area contributed by atoms with E-state index in [0.717, 1.165) is 26.2 Å². The molecule has 19 heavy (non-hydrogen) atoms. The minimum Gasteiger partial charge on any atom is -0.394 e. The third-order valence-electron chi connectivity index (χ3n) is 3.53. The molecule has 106 valence electrons. The van der Waals surface area contributed by atoms with Gasteiger partial charge in [-0.25, -0.2) is 0 Å². The van der Waals surface area contributed by atoms with Crippen LogP contribution in [0.3, 0.4) is 0 Å². The van der Waals surface area contributed by atoms with Gasteiger partial charge in [-0.05, 0) is 12.5 Å². The normalized spacial score (nSPS) is 24.5. The van der Waals surface area contributed by atoms with E-state index in [9.17, 15) is 0 Å². The van der Waals surface area contributed by atoms with Crippen molar-refractivity contribution in [3.63, 3.8) is 0 Å². The van der Waals surface area contributed by atoms with Crippen molar-refractivity contribution in [2.45, 2.75) is 12.5 Å². The predicted octanol–water partition coefficient (Wildman–Crippen LogP) is 1.24. The second-order valence-corrected chi connectivity index (χ2v) is 5.06. The fraction of sp³-hybridized carbons (Fsp3) is 0.600. The van der Waals surface area contributed by atoms with Crippen LogP contribution in [0, 0.1) is 0 Å². The molecular formula is C15H23NO3. The number of nitrogens with zero attached hydrogens (tertiary/aromatic N) is 1. The summed E-state index contributed by atoms with van der Waals surface area (Å²) < 4.78 is 11.3. The van der Waals surface area contributed by atoms with Crippen LogP contribution in [0.15, 0.2) is 30.3 Å². The lowest BCUT2D eigenvalue weighted by Gasteiger charge is -2.40. The maximum atomic E-state index is 8.68. The Balaban J connectivity index is 1.89. The van der Waals surface area contributed by atoms with E-state index in [1.807, 2.05) is 18.2 Å². The van der Waals surface area contributed by atoms with Crippen LogP contribution in [0.1, 0.15) is 12.5 Å². The van der Waals surface area contributed by atoms with Gasteiger partial charge in [0.25, 0.3) is 0 Å². The lowest BCUT2D eigenvalue weighted by molar-refractivity contribution is -0.107. The largest absolute Gasteiger partial charge is 0.394 e. The molecule has 0 amide bonds. The van der Waals surface area contributed by atoms with Crippen LogP contribution in [-0.2, 0) is 15.1 Å². The van der Waals surface area contributed by atoms with Crippen LogP contribution in [0.4, 0.5) is 0 Å². The maximum absolute atomic E-state index is 8.68. The first-order valence-corrected chi connectivity index (χ1v) is 6.85. The molecule has 1 aliphatic heterocycles. The Bertz CT molecular complexity index is 371. The topological polar surface area (TPSA) is 41.9 Å². The zero-order chi connectivity index (χ0) is 13.6. The number of aliphatic hydroxyl groups is 1. The van der Waals surface area contributed by atoms with Crippen molar-refractivity contribution >= 4 is 0 Å². The quantitative estimate of drug-likeness (QED) is 0.786. The highest BCUT2D eigenvalue weighted by Gasteiger charge is 2.33. The Labute approximate surface area is 114 Å². The molecule has 1 fully saturated rings. The predicted molar refractivity (Wildman–Crippen MR) is 74.1 cm³/mol. The summed E-state index contributed by atoms with van der Waals surface area (Å²) in [5.41, 5.74) is 0.979. The lowest BCUT2D eigenvalue weighted by Crippen LogP contribution is -2.49. The summed E-state index contributed by atoms with van der Waals surface area (Å²) in [6.45, 7) is 6.74. The van der Waals surface area contributed by atoms with E-state index >= 15 is 0 Å². The van der Waals surface area contributed by atoms with Gasteiger partial charge in [0.15, 0.2) is 0 Å². The number of ether oxygens (including phenoxy) is 2. The van der Waals surface area contributed by atoms with Gasteiger partial charge in [0.2, 0.25) is 0 Å². The summed E-state index contributed by atoms with van der Waals surface area (Å²) in [7, 11) is 0. The molecule has 1 aromatic carbocycles. The van der Waals surface area contributed by atoms with Crippen LogP contribution in [0.2, 0.25) is 0 Å². The minimum absolute atomic E-state index is 0.0881. The van der Waals surface area contributed by atoms with E-state index in [2.05, 4.69) is 24.0 Å². The fourth-order valence-electron chi connectivity index (χ4n) is 2.47. The summed E-state index contributed by atoms with van der Waals surface area (Å²) in [6.07, 6.45) is 0. The molecule has 4 nitrogen and oxygen atoms in total. The van der Waals surface area contributed by atoms with Crippen molar-refractivity contribution in [3.8, 4) is 0 Å². The van der Waals surface area contributed by atoms with Gasteiger partial charge in [0.1, 0.15) is 5.60 Å². The van der Waals surface area contributed by atoms with Gasteiger partial charge in [-0.2, -0.15) is 0 Å². The molecule has 1 heterocycles. The highest BCUT2D eigenvalue weighted by Crippen LogP contribution is 2.28. The first-order valence-electron chi connectivity index (χ1n) is 6.85. The van der Waals surface area contributed by atoms with Crippen LogP contribution < -0.4 is 0 Å². The molecule has 0 bridgehead atoms. The monoisotopic (exact) mass is 265 g/mol. The molecule has 0 saturated carbocycles. The summed E-state index contributed by atoms with van der Waals surface area (Å²) in [5, 5.41) is 8.68. The average Bonchev–Trinajstić information content (AvgIpc) is 2.45. The first-order chi connectivity index (χ1) is 9.24. The van der Waals surface area contributed by atoms with Gasteiger partial charge < -0.3 is 14.6 Å². The molecule has 4 heteroatoms. The van der Waals surface area contributed by atoms with Gasteiger partial charge in [0, 0.05) is 19.6 Å². The summed E-state index contributed by atoms with van der Waals surface area (Å²) in [6, 6.07) is 10.4. The number of rotatable bonds is 6. The molecule has 1 unspecified atom stereocenters. The molecule has 1 atom stereocenters. The molecule has 0 spiro atoms. The third-order valence-corrected chi connectivity index (χ3v) is 3.53. The van der Waals surface area contributed by atoms with Crippen molar-refractivity contribution in [3.05, 3.63) is 35.9 Å². The van der Waals surface area contributed by atoms with Gasteiger partial charge in [-0.15, -0.1) is 0 Å². The van der Waals surface area contributed by atoms with Gasteiger partial charge in [-0.1, -0.05) is 30.3 Å². The number of hydrogen-bond acceptors (Lipinski definition) is 4. The molecule has 0 aromatic heterocycles. The van der Waals surface area contributed by atoms with Crippen LogP contribution >= 0.6 is 0 Å². The number of hydrogen-bond donors (Lipinski definition) is 1. The highest BCUT2D eigenvalue weighted by atomic mass is 16.5. The van der Waals surface area contributed by atoms with Crippen molar-refractivity contribution < 1.29 is 14.6 Å². The van der Waals surface area contributed by atoms with E-state index in [0.29, 0.717) is 13.2 Å². The molecule has 2 rings (SSSR count).